The van der Waals surface area contributed by atoms with Gasteiger partial charge < -0.3 is 20.1 Å². The number of nitrogens with one attached hydrogen (secondary N) is 1. The molecule has 2 rings (SSSR count). The largest absolute Gasteiger partial charge is 0.396 e. The molecular formula is C12H24N2O2. The molecule has 4 heteroatoms. The van der Waals surface area contributed by atoms with Crippen molar-refractivity contribution < 1.29 is 9.84 Å². The van der Waals surface area contributed by atoms with Crippen LogP contribution in [0.2, 0.25) is 0 Å². The third-order valence-corrected chi connectivity index (χ3v) is 3.81. The second-order valence-corrected chi connectivity index (χ2v) is 5.36. The van der Waals surface area contributed by atoms with Crippen molar-refractivity contribution in [1.29, 1.82) is 0 Å². The van der Waals surface area contributed by atoms with E-state index in [0.717, 1.165) is 39.2 Å². The van der Waals surface area contributed by atoms with Crippen LogP contribution in [0.5, 0.6) is 0 Å². The maximum Gasteiger partial charge on any atom is 0.0826 e. The minimum absolute atomic E-state index is 0.324. The van der Waals surface area contributed by atoms with Crippen LogP contribution in [0.25, 0.3) is 0 Å². The molecule has 0 spiro atoms. The lowest BCUT2D eigenvalue weighted by Crippen LogP contribution is -2.45. The normalized spacial score (nSPS) is 29.2. The zero-order valence-electron chi connectivity index (χ0n) is 10.2. The predicted octanol–water partition coefficient (Wildman–Crippen LogP) is 0.0692. The lowest BCUT2D eigenvalue weighted by molar-refractivity contribution is -0.0185. The summed E-state index contributed by atoms with van der Waals surface area (Å²) >= 11 is 0. The van der Waals surface area contributed by atoms with Gasteiger partial charge in [-0.05, 0) is 31.7 Å². The molecule has 2 aliphatic rings. The van der Waals surface area contributed by atoms with Crippen LogP contribution >= 0.6 is 0 Å². The molecule has 1 atom stereocenters. The van der Waals surface area contributed by atoms with Crippen LogP contribution in [-0.2, 0) is 4.74 Å². The monoisotopic (exact) mass is 228 g/mol. The van der Waals surface area contributed by atoms with Gasteiger partial charge in [-0.1, -0.05) is 0 Å². The van der Waals surface area contributed by atoms with E-state index in [2.05, 4.69) is 17.3 Å². The van der Waals surface area contributed by atoms with E-state index in [1.54, 1.807) is 0 Å². The fraction of sp³-hybridized carbons (Fsp3) is 1.00. The van der Waals surface area contributed by atoms with Crippen molar-refractivity contribution in [3.63, 3.8) is 0 Å². The van der Waals surface area contributed by atoms with Gasteiger partial charge in [0.1, 0.15) is 0 Å². The van der Waals surface area contributed by atoms with E-state index in [4.69, 9.17) is 9.84 Å². The third-order valence-electron chi connectivity index (χ3n) is 3.81. The molecule has 0 aromatic heterocycles. The van der Waals surface area contributed by atoms with Gasteiger partial charge in [0.25, 0.3) is 0 Å². The molecule has 94 valence electrons. The van der Waals surface area contributed by atoms with Crippen LogP contribution < -0.4 is 5.32 Å². The van der Waals surface area contributed by atoms with Crippen molar-refractivity contribution in [2.45, 2.75) is 25.4 Å². The molecule has 1 aliphatic carbocycles. The Labute approximate surface area is 98.0 Å². The summed E-state index contributed by atoms with van der Waals surface area (Å²) in [6.45, 7) is 5.23. The molecule has 1 unspecified atom stereocenters. The number of hydrogen-bond donors (Lipinski definition) is 2. The summed E-state index contributed by atoms with van der Waals surface area (Å²) in [6.07, 6.45) is 3.83. The molecule has 0 amide bonds. The van der Waals surface area contributed by atoms with Gasteiger partial charge >= 0.3 is 0 Å². The lowest BCUT2D eigenvalue weighted by atomic mass is 10.0. The van der Waals surface area contributed by atoms with Crippen molar-refractivity contribution in [3.8, 4) is 0 Å². The average molecular weight is 228 g/mol. The Morgan fingerprint density at radius 1 is 1.50 bits per heavy atom. The number of aliphatic hydroxyl groups excluding tert-OH is 1. The molecule has 0 bridgehead atoms. The Morgan fingerprint density at radius 3 is 2.94 bits per heavy atom. The second-order valence-electron chi connectivity index (χ2n) is 5.36. The number of nitrogens with zero attached hydrogens (tertiary/aromatic N) is 1. The summed E-state index contributed by atoms with van der Waals surface area (Å²) in [7, 11) is 2.14. The van der Waals surface area contributed by atoms with Crippen molar-refractivity contribution in [1.82, 2.24) is 10.2 Å². The Balaban J connectivity index is 1.60. The molecule has 0 aromatic carbocycles. The predicted molar refractivity (Wildman–Crippen MR) is 63.5 cm³/mol. The van der Waals surface area contributed by atoms with Crippen LogP contribution in [0.15, 0.2) is 0 Å². The van der Waals surface area contributed by atoms with Gasteiger partial charge in [0.2, 0.25) is 0 Å². The first-order valence-corrected chi connectivity index (χ1v) is 6.36. The molecular weight excluding hydrogens is 204 g/mol. The Morgan fingerprint density at radius 2 is 2.31 bits per heavy atom. The fourth-order valence-corrected chi connectivity index (χ4v) is 2.42. The highest BCUT2D eigenvalue weighted by Gasteiger charge is 2.41. The molecule has 4 nitrogen and oxygen atoms in total. The van der Waals surface area contributed by atoms with Crippen LogP contribution in [0.3, 0.4) is 0 Å². The molecule has 1 saturated carbocycles. The number of likely N-dealkylation sites (N-methyl/N-ethyl adjacent to an activating group) is 1. The van der Waals surface area contributed by atoms with Gasteiger partial charge in [-0.15, -0.1) is 0 Å². The van der Waals surface area contributed by atoms with Gasteiger partial charge in [0.15, 0.2) is 0 Å². The van der Waals surface area contributed by atoms with Gasteiger partial charge in [-0.25, -0.2) is 0 Å². The van der Waals surface area contributed by atoms with Crippen LogP contribution in [0.1, 0.15) is 19.3 Å². The summed E-state index contributed by atoms with van der Waals surface area (Å²) < 4.78 is 5.69. The van der Waals surface area contributed by atoms with Crippen LogP contribution in [-0.4, -0.2) is 62.6 Å². The number of morpholine rings is 1. The number of hydrogen-bond acceptors (Lipinski definition) is 4. The van der Waals surface area contributed by atoms with E-state index in [9.17, 15) is 0 Å². The van der Waals surface area contributed by atoms with E-state index in [0.29, 0.717) is 18.1 Å². The van der Waals surface area contributed by atoms with Crippen molar-refractivity contribution in [2.75, 3.05) is 46.4 Å². The highest BCUT2D eigenvalue weighted by molar-refractivity contribution is 4.94. The van der Waals surface area contributed by atoms with Gasteiger partial charge in [-0.2, -0.15) is 0 Å². The quantitative estimate of drug-likeness (QED) is 0.675. The standard InChI is InChI=1S/C12H24N2O2/c1-14-5-7-16-11(9-14)8-13-10-12(2-3-12)4-6-15/h11,13,15H,2-10H2,1H3. The number of ether oxygens (including phenoxy) is 1. The van der Waals surface area contributed by atoms with E-state index >= 15 is 0 Å². The summed E-state index contributed by atoms with van der Waals surface area (Å²) in [4.78, 5) is 2.32. The zero-order chi connectivity index (χ0) is 11.4. The van der Waals surface area contributed by atoms with Gasteiger partial charge in [-0.3, -0.25) is 0 Å². The third kappa shape index (κ3) is 3.42. The number of aliphatic hydroxyl groups is 1. The maximum atomic E-state index is 8.97. The van der Waals surface area contributed by atoms with E-state index in [-0.39, 0.29) is 0 Å². The summed E-state index contributed by atoms with van der Waals surface area (Å²) in [5, 5.41) is 12.5. The first-order chi connectivity index (χ1) is 7.74. The van der Waals surface area contributed by atoms with Crippen molar-refractivity contribution >= 4 is 0 Å². The minimum atomic E-state index is 0.324. The van der Waals surface area contributed by atoms with E-state index in [1.807, 2.05) is 0 Å². The molecule has 0 aromatic rings. The number of rotatable bonds is 6. The first kappa shape index (κ1) is 12.3. The molecule has 0 radical (unpaired) electrons. The van der Waals surface area contributed by atoms with Gasteiger partial charge in [0, 0.05) is 32.8 Å². The molecule has 2 fully saturated rings. The van der Waals surface area contributed by atoms with Gasteiger partial charge in [0.05, 0.1) is 12.7 Å². The molecule has 1 aliphatic heterocycles. The highest BCUT2D eigenvalue weighted by Crippen LogP contribution is 2.47. The topological polar surface area (TPSA) is 44.7 Å². The van der Waals surface area contributed by atoms with E-state index < -0.39 is 0 Å². The second kappa shape index (κ2) is 5.45. The fourth-order valence-electron chi connectivity index (χ4n) is 2.42. The van der Waals surface area contributed by atoms with Crippen molar-refractivity contribution in [3.05, 3.63) is 0 Å². The summed E-state index contributed by atoms with van der Waals surface area (Å²) in [5.41, 5.74) is 0.412. The SMILES string of the molecule is CN1CCOC(CNCC2(CCO)CC2)C1. The smallest absolute Gasteiger partial charge is 0.0826 e. The maximum absolute atomic E-state index is 8.97. The first-order valence-electron chi connectivity index (χ1n) is 6.36. The van der Waals surface area contributed by atoms with Crippen molar-refractivity contribution in [2.24, 2.45) is 5.41 Å². The molecule has 16 heavy (non-hydrogen) atoms. The minimum Gasteiger partial charge on any atom is -0.396 e. The zero-order valence-corrected chi connectivity index (χ0v) is 10.2. The molecule has 1 saturated heterocycles. The Bertz CT molecular complexity index is 219. The summed E-state index contributed by atoms with van der Waals surface area (Å²) in [5.74, 6) is 0. The highest BCUT2D eigenvalue weighted by atomic mass is 16.5. The van der Waals surface area contributed by atoms with Crippen LogP contribution in [0.4, 0.5) is 0 Å². The molecule has 1 heterocycles. The van der Waals surface area contributed by atoms with Crippen LogP contribution in [0, 0.1) is 5.41 Å². The summed E-state index contributed by atoms with van der Waals surface area (Å²) in [6, 6.07) is 0. The lowest BCUT2D eigenvalue weighted by Gasteiger charge is -2.30. The Kier molecular flexibility index (Phi) is 4.19. The Hall–Kier alpha value is -0.160. The molecule has 2 N–H and O–H groups in total. The van der Waals surface area contributed by atoms with E-state index in [1.165, 1.54) is 12.8 Å². The average Bonchev–Trinajstić information content (AvgIpc) is 2.99.